The van der Waals surface area contributed by atoms with Gasteiger partial charge in [0.1, 0.15) is 22.3 Å². The molecule has 0 bridgehead atoms. The Kier molecular flexibility index (Phi) is 7.17. The number of benzene rings is 9. The molecule has 0 N–H and O–H groups in total. The minimum atomic E-state index is 0.853. The van der Waals surface area contributed by atoms with Gasteiger partial charge in [-0.15, -0.1) is 0 Å². The van der Waals surface area contributed by atoms with Crippen LogP contribution in [-0.2, 0) is 0 Å². The van der Waals surface area contributed by atoms with Crippen LogP contribution in [0.2, 0.25) is 0 Å². The number of nitrogens with zero attached hydrogens (tertiary/aromatic N) is 1. The summed E-state index contributed by atoms with van der Waals surface area (Å²) in [4.78, 5) is 2.41. The molecule has 0 fully saturated rings. The molecular formula is C52H33NO2. The summed E-state index contributed by atoms with van der Waals surface area (Å²) in [5.41, 5.74) is 13.5. The zero-order chi connectivity index (χ0) is 36.3. The van der Waals surface area contributed by atoms with Crippen molar-refractivity contribution in [2.75, 3.05) is 4.90 Å². The number of fused-ring (bicyclic) bond motifs is 7. The second kappa shape index (κ2) is 12.6. The van der Waals surface area contributed by atoms with Crippen LogP contribution in [0.1, 0.15) is 0 Å². The first-order valence-electron chi connectivity index (χ1n) is 18.7. The smallest absolute Gasteiger partial charge is 0.137 e. The normalized spacial score (nSPS) is 11.6. The lowest BCUT2D eigenvalue weighted by Gasteiger charge is -2.29. The van der Waals surface area contributed by atoms with Crippen molar-refractivity contribution >= 4 is 71.7 Å². The molecule has 55 heavy (non-hydrogen) atoms. The Morgan fingerprint density at radius 3 is 1.76 bits per heavy atom. The van der Waals surface area contributed by atoms with Crippen LogP contribution in [-0.4, -0.2) is 0 Å². The van der Waals surface area contributed by atoms with Crippen molar-refractivity contribution in [1.82, 2.24) is 0 Å². The maximum atomic E-state index is 6.46. The third-order valence-corrected chi connectivity index (χ3v) is 10.9. The van der Waals surface area contributed by atoms with Crippen LogP contribution in [0, 0.1) is 0 Å². The van der Waals surface area contributed by atoms with Crippen LogP contribution >= 0.6 is 0 Å². The Morgan fingerprint density at radius 2 is 0.909 bits per heavy atom. The van der Waals surface area contributed by atoms with E-state index in [2.05, 4.69) is 181 Å². The van der Waals surface area contributed by atoms with Crippen molar-refractivity contribution in [1.29, 1.82) is 0 Å². The highest BCUT2D eigenvalue weighted by atomic mass is 16.3. The van der Waals surface area contributed by atoms with Crippen LogP contribution in [0.25, 0.3) is 88.0 Å². The second-order valence-corrected chi connectivity index (χ2v) is 14.1. The average molecular weight is 704 g/mol. The van der Waals surface area contributed by atoms with Crippen LogP contribution in [0.15, 0.2) is 209 Å². The van der Waals surface area contributed by atoms with Crippen molar-refractivity contribution in [3.63, 3.8) is 0 Å². The van der Waals surface area contributed by atoms with E-state index < -0.39 is 0 Å². The number of anilines is 3. The zero-order valence-corrected chi connectivity index (χ0v) is 29.8. The number of hydrogen-bond donors (Lipinski definition) is 0. The second-order valence-electron chi connectivity index (χ2n) is 14.1. The molecule has 258 valence electrons. The van der Waals surface area contributed by atoms with Gasteiger partial charge in [-0.2, -0.15) is 0 Å². The number of hydrogen-bond acceptors (Lipinski definition) is 3. The van der Waals surface area contributed by atoms with Gasteiger partial charge in [0.05, 0.1) is 16.8 Å². The molecular weight excluding hydrogens is 671 g/mol. The summed E-state index contributed by atoms with van der Waals surface area (Å²) in [5, 5.41) is 6.87. The molecule has 9 aromatic carbocycles. The Labute approximate surface area is 317 Å². The largest absolute Gasteiger partial charge is 0.456 e. The molecule has 3 heteroatoms. The molecule has 2 heterocycles. The summed E-state index contributed by atoms with van der Waals surface area (Å²) >= 11 is 0. The lowest BCUT2D eigenvalue weighted by molar-refractivity contribution is 0.668. The third-order valence-electron chi connectivity index (χ3n) is 10.9. The van der Waals surface area contributed by atoms with Crippen LogP contribution in [0.5, 0.6) is 0 Å². The molecule has 0 aliphatic heterocycles. The lowest BCUT2D eigenvalue weighted by Crippen LogP contribution is -2.12. The highest BCUT2D eigenvalue weighted by molar-refractivity contribution is 6.14. The molecule has 0 amide bonds. The van der Waals surface area contributed by atoms with E-state index in [9.17, 15) is 0 Å². The molecule has 0 saturated carbocycles. The number of rotatable bonds is 6. The molecule has 3 nitrogen and oxygen atoms in total. The minimum absolute atomic E-state index is 0.853. The molecule has 0 unspecified atom stereocenters. The van der Waals surface area contributed by atoms with Gasteiger partial charge < -0.3 is 13.7 Å². The van der Waals surface area contributed by atoms with Gasteiger partial charge in [0.2, 0.25) is 0 Å². The van der Waals surface area contributed by atoms with E-state index in [-0.39, 0.29) is 0 Å². The van der Waals surface area contributed by atoms with Crippen LogP contribution in [0.3, 0.4) is 0 Å². The summed E-state index contributed by atoms with van der Waals surface area (Å²) in [6, 6.07) is 71.2. The highest BCUT2D eigenvalue weighted by Gasteiger charge is 2.23. The Balaban J connectivity index is 1.13. The molecule has 0 aliphatic rings. The first-order chi connectivity index (χ1) is 27.2. The summed E-state index contributed by atoms with van der Waals surface area (Å²) in [6.07, 6.45) is 0. The molecule has 11 rings (SSSR count). The van der Waals surface area contributed by atoms with Gasteiger partial charge in [0, 0.05) is 27.4 Å². The van der Waals surface area contributed by atoms with Crippen molar-refractivity contribution in [3.8, 4) is 33.4 Å². The Morgan fingerprint density at radius 1 is 0.309 bits per heavy atom. The molecule has 0 atom stereocenters. The molecule has 0 spiro atoms. The Hall–Kier alpha value is -7.36. The fourth-order valence-corrected chi connectivity index (χ4v) is 8.19. The van der Waals surface area contributed by atoms with E-state index >= 15 is 0 Å². The third kappa shape index (κ3) is 5.28. The van der Waals surface area contributed by atoms with E-state index in [1.165, 1.54) is 16.3 Å². The molecule has 11 aromatic rings. The van der Waals surface area contributed by atoms with Gasteiger partial charge >= 0.3 is 0 Å². The average Bonchev–Trinajstić information content (AvgIpc) is 3.83. The SMILES string of the molecule is c1ccc(-c2ccc(-c3ccc4ccccc4c3)cc2N(c2ccc(-c3ccc4c(c3)oc3ccccc34)cc2)c2cccc3oc4ccccc4c23)cc1. The van der Waals surface area contributed by atoms with E-state index in [4.69, 9.17) is 8.83 Å². The van der Waals surface area contributed by atoms with Crippen molar-refractivity contribution < 1.29 is 8.83 Å². The summed E-state index contributed by atoms with van der Waals surface area (Å²) < 4.78 is 12.7. The zero-order valence-electron chi connectivity index (χ0n) is 29.8. The quantitative estimate of drug-likeness (QED) is 0.173. The van der Waals surface area contributed by atoms with E-state index in [1.807, 2.05) is 24.3 Å². The first-order valence-corrected chi connectivity index (χ1v) is 18.7. The van der Waals surface area contributed by atoms with Gasteiger partial charge in [0.25, 0.3) is 0 Å². The maximum absolute atomic E-state index is 6.46. The fraction of sp³-hybridized carbons (Fsp3) is 0. The van der Waals surface area contributed by atoms with Gasteiger partial charge in [-0.1, -0.05) is 140 Å². The van der Waals surface area contributed by atoms with Gasteiger partial charge in [0.15, 0.2) is 0 Å². The standard InChI is InChI=1S/C52H33NO2/c1-2-12-36(13-3-1)42-29-25-39(38-22-21-34-11-4-5-14-37(34)31-38)32-47(42)53(46-17-10-20-50-52(46)45-16-7-9-19-49(45)54-50)41-27-23-35(24-28-41)40-26-30-44-43-15-6-8-18-48(43)55-51(44)33-40/h1-33H. The Bertz CT molecular complexity index is 3210. The first kappa shape index (κ1) is 31.2. The lowest BCUT2D eigenvalue weighted by atomic mass is 9.95. The number of furan rings is 2. The van der Waals surface area contributed by atoms with E-state index in [0.717, 1.165) is 88.8 Å². The van der Waals surface area contributed by atoms with Crippen LogP contribution in [0.4, 0.5) is 17.1 Å². The van der Waals surface area contributed by atoms with E-state index in [1.54, 1.807) is 0 Å². The monoisotopic (exact) mass is 703 g/mol. The summed E-state index contributed by atoms with van der Waals surface area (Å²) in [6.45, 7) is 0. The van der Waals surface area contributed by atoms with Gasteiger partial charge in [-0.25, -0.2) is 0 Å². The fourth-order valence-electron chi connectivity index (χ4n) is 8.19. The highest BCUT2D eigenvalue weighted by Crippen LogP contribution is 2.47. The van der Waals surface area contributed by atoms with Crippen LogP contribution < -0.4 is 4.90 Å². The van der Waals surface area contributed by atoms with Crippen molar-refractivity contribution in [2.24, 2.45) is 0 Å². The van der Waals surface area contributed by atoms with Gasteiger partial charge in [-0.05, 0) is 99.3 Å². The molecule has 0 saturated heterocycles. The van der Waals surface area contributed by atoms with Crippen molar-refractivity contribution in [3.05, 3.63) is 200 Å². The summed E-state index contributed by atoms with van der Waals surface area (Å²) in [7, 11) is 0. The van der Waals surface area contributed by atoms with Gasteiger partial charge in [-0.3, -0.25) is 0 Å². The molecule has 2 aromatic heterocycles. The van der Waals surface area contributed by atoms with Crippen molar-refractivity contribution in [2.45, 2.75) is 0 Å². The minimum Gasteiger partial charge on any atom is -0.456 e. The molecule has 0 aliphatic carbocycles. The molecule has 0 radical (unpaired) electrons. The maximum Gasteiger partial charge on any atom is 0.137 e. The predicted molar refractivity (Wildman–Crippen MR) is 229 cm³/mol. The number of para-hydroxylation sites is 2. The predicted octanol–water partition coefficient (Wildman–Crippen LogP) is 15.1. The van der Waals surface area contributed by atoms with E-state index in [0.29, 0.717) is 0 Å². The summed E-state index contributed by atoms with van der Waals surface area (Å²) in [5.74, 6) is 0. The topological polar surface area (TPSA) is 29.5 Å².